The smallest absolute Gasteiger partial charge is 0.195 e. The second kappa shape index (κ2) is 2.09. The quantitative estimate of drug-likeness (QED) is 0.555. The minimum absolute atomic E-state index is 0.269. The first-order valence-corrected chi connectivity index (χ1v) is 2.60. The molecular formula is C6H8FNO. The van der Waals surface area contributed by atoms with Gasteiger partial charge in [-0.1, -0.05) is 0 Å². The number of ether oxygens (including phenoxy) is 1. The highest BCUT2D eigenvalue weighted by Gasteiger charge is 1.99. The molecule has 0 spiro atoms. The van der Waals surface area contributed by atoms with E-state index in [-0.39, 0.29) is 5.82 Å². The van der Waals surface area contributed by atoms with Crippen LogP contribution in [0, 0.1) is 5.82 Å². The molecule has 0 saturated carbocycles. The zero-order chi connectivity index (χ0) is 6.85. The molecule has 0 aliphatic heterocycles. The van der Waals surface area contributed by atoms with Crippen molar-refractivity contribution in [1.82, 2.24) is 4.57 Å². The van der Waals surface area contributed by atoms with E-state index in [4.69, 9.17) is 4.74 Å². The van der Waals surface area contributed by atoms with Crippen molar-refractivity contribution in [2.75, 3.05) is 7.11 Å². The molecule has 0 fully saturated rings. The highest BCUT2D eigenvalue weighted by atomic mass is 19.1. The Balaban J connectivity index is 3.01. The number of aromatic nitrogens is 1. The van der Waals surface area contributed by atoms with E-state index in [9.17, 15) is 4.39 Å². The second-order valence-corrected chi connectivity index (χ2v) is 1.81. The predicted octanol–water partition coefficient (Wildman–Crippen LogP) is 1.17. The number of halogens is 1. The Morgan fingerprint density at radius 1 is 1.67 bits per heavy atom. The lowest BCUT2D eigenvalue weighted by molar-refractivity contribution is 0.382. The molecule has 0 aromatic carbocycles. The molecule has 9 heavy (non-hydrogen) atoms. The summed E-state index contributed by atoms with van der Waals surface area (Å²) >= 11 is 0. The third-order valence-corrected chi connectivity index (χ3v) is 1.14. The third kappa shape index (κ3) is 1.04. The Bertz CT molecular complexity index is 207. The molecule has 1 heterocycles. The van der Waals surface area contributed by atoms with E-state index in [0.29, 0.717) is 5.88 Å². The first kappa shape index (κ1) is 6.13. The van der Waals surface area contributed by atoms with Crippen molar-refractivity contribution >= 4 is 0 Å². The van der Waals surface area contributed by atoms with E-state index in [2.05, 4.69) is 0 Å². The molecule has 1 aromatic rings. The molecular weight excluding hydrogens is 121 g/mol. The first-order chi connectivity index (χ1) is 4.24. The van der Waals surface area contributed by atoms with Gasteiger partial charge in [-0.3, -0.25) is 0 Å². The van der Waals surface area contributed by atoms with Gasteiger partial charge in [0.15, 0.2) is 5.88 Å². The van der Waals surface area contributed by atoms with Crippen LogP contribution in [0.4, 0.5) is 4.39 Å². The maximum absolute atomic E-state index is 12.3. The van der Waals surface area contributed by atoms with E-state index in [1.165, 1.54) is 19.4 Å². The van der Waals surface area contributed by atoms with E-state index in [1.54, 1.807) is 11.6 Å². The monoisotopic (exact) mass is 129 g/mol. The van der Waals surface area contributed by atoms with Crippen LogP contribution in [0.5, 0.6) is 5.88 Å². The molecule has 2 nitrogen and oxygen atoms in total. The van der Waals surface area contributed by atoms with Gasteiger partial charge in [0.25, 0.3) is 0 Å². The normalized spacial score (nSPS) is 9.67. The number of nitrogens with zero attached hydrogens (tertiary/aromatic N) is 1. The van der Waals surface area contributed by atoms with Gasteiger partial charge in [0.1, 0.15) is 5.82 Å². The SMILES string of the molecule is COc1cc(F)cn1C. The lowest BCUT2D eigenvalue weighted by Crippen LogP contribution is -1.90. The fraction of sp³-hybridized carbons (Fsp3) is 0.333. The minimum atomic E-state index is -0.269. The Hall–Kier alpha value is -0.990. The number of rotatable bonds is 1. The van der Waals surface area contributed by atoms with Gasteiger partial charge in [-0.25, -0.2) is 4.39 Å². The highest BCUT2D eigenvalue weighted by molar-refractivity contribution is 5.14. The van der Waals surface area contributed by atoms with Crippen LogP contribution in [0.15, 0.2) is 12.3 Å². The lowest BCUT2D eigenvalue weighted by Gasteiger charge is -1.97. The van der Waals surface area contributed by atoms with Crippen molar-refractivity contribution in [3.05, 3.63) is 18.1 Å². The average Bonchev–Trinajstić information content (AvgIpc) is 2.10. The zero-order valence-electron chi connectivity index (χ0n) is 5.39. The van der Waals surface area contributed by atoms with Crippen LogP contribution in [-0.4, -0.2) is 11.7 Å². The molecule has 0 aliphatic rings. The summed E-state index contributed by atoms with van der Waals surface area (Å²) in [5, 5.41) is 0. The van der Waals surface area contributed by atoms with Crippen LogP contribution in [0.3, 0.4) is 0 Å². The summed E-state index contributed by atoms with van der Waals surface area (Å²) < 4.78 is 18.6. The molecule has 1 aromatic heterocycles. The van der Waals surface area contributed by atoms with Crippen molar-refractivity contribution < 1.29 is 9.13 Å². The fourth-order valence-electron chi connectivity index (χ4n) is 0.709. The molecule has 1 rings (SSSR count). The molecule has 0 radical (unpaired) electrons. The molecule has 0 aliphatic carbocycles. The summed E-state index contributed by atoms with van der Waals surface area (Å²) in [6.45, 7) is 0. The first-order valence-electron chi connectivity index (χ1n) is 2.60. The van der Waals surface area contributed by atoms with Crippen LogP contribution in [-0.2, 0) is 7.05 Å². The van der Waals surface area contributed by atoms with Gasteiger partial charge < -0.3 is 9.30 Å². The van der Waals surface area contributed by atoms with E-state index in [0.717, 1.165) is 0 Å². The largest absolute Gasteiger partial charge is 0.482 e. The summed E-state index contributed by atoms with van der Waals surface area (Å²) in [6.07, 6.45) is 1.36. The molecule has 0 bridgehead atoms. The van der Waals surface area contributed by atoms with Crippen molar-refractivity contribution in [1.29, 1.82) is 0 Å². The van der Waals surface area contributed by atoms with Crippen LogP contribution in [0.1, 0.15) is 0 Å². The Labute approximate surface area is 52.9 Å². The number of aryl methyl sites for hydroxylation is 1. The van der Waals surface area contributed by atoms with Gasteiger partial charge in [-0.05, 0) is 0 Å². The Morgan fingerprint density at radius 2 is 2.33 bits per heavy atom. The van der Waals surface area contributed by atoms with Crippen molar-refractivity contribution in [3.8, 4) is 5.88 Å². The van der Waals surface area contributed by atoms with Gasteiger partial charge >= 0.3 is 0 Å². The molecule has 0 N–H and O–H groups in total. The predicted molar refractivity (Wildman–Crippen MR) is 31.9 cm³/mol. The molecule has 0 atom stereocenters. The van der Waals surface area contributed by atoms with E-state index < -0.39 is 0 Å². The second-order valence-electron chi connectivity index (χ2n) is 1.81. The molecule has 0 saturated heterocycles. The summed E-state index contributed by atoms with van der Waals surface area (Å²) in [4.78, 5) is 0. The topological polar surface area (TPSA) is 14.2 Å². The molecule has 0 amide bonds. The Morgan fingerprint density at radius 3 is 2.56 bits per heavy atom. The highest BCUT2D eigenvalue weighted by Crippen LogP contribution is 2.11. The van der Waals surface area contributed by atoms with Crippen molar-refractivity contribution in [3.63, 3.8) is 0 Å². The van der Waals surface area contributed by atoms with E-state index in [1.807, 2.05) is 0 Å². The maximum atomic E-state index is 12.3. The molecule has 3 heteroatoms. The lowest BCUT2D eigenvalue weighted by atomic mass is 10.6. The van der Waals surface area contributed by atoms with E-state index >= 15 is 0 Å². The number of methoxy groups -OCH3 is 1. The fourth-order valence-corrected chi connectivity index (χ4v) is 0.709. The van der Waals surface area contributed by atoms with Crippen LogP contribution in [0.2, 0.25) is 0 Å². The van der Waals surface area contributed by atoms with Gasteiger partial charge in [-0.2, -0.15) is 0 Å². The maximum Gasteiger partial charge on any atom is 0.195 e. The van der Waals surface area contributed by atoms with Crippen LogP contribution < -0.4 is 4.74 Å². The number of hydrogen-bond donors (Lipinski definition) is 0. The molecule has 50 valence electrons. The summed E-state index contributed by atoms with van der Waals surface area (Å²) in [7, 11) is 3.23. The van der Waals surface area contributed by atoms with Gasteiger partial charge in [0.05, 0.1) is 7.11 Å². The van der Waals surface area contributed by atoms with Crippen LogP contribution in [0.25, 0.3) is 0 Å². The zero-order valence-corrected chi connectivity index (χ0v) is 5.39. The Kier molecular flexibility index (Phi) is 1.42. The van der Waals surface area contributed by atoms with Crippen molar-refractivity contribution in [2.45, 2.75) is 0 Å². The van der Waals surface area contributed by atoms with Crippen molar-refractivity contribution in [2.24, 2.45) is 7.05 Å². The summed E-state index contributed by atoms with van der Waals surface area (Å²) in [5.74, 6) is 0.266. The summed E-state index contributed by atoms with van der Waals surface area (Å²) in [6, 6.07) is 1.33. The minimum Gasteiger partial charge on any atom is -0.482 e. The summed E-state index contributed by atoms with van der Waals surface area (Å²) in [5.41, 5.74) is 0. The number of hydrogen-bond acceptors (Lipinski definition) is 1. The van der Waals surface area contributed by atoms with Crippen LogP contribution >= 0.6 is 0 Å². The average molecular weight is 129 g/mol. The van der Waals surface area contributed by atoms with Gasteiger partial charge in [0.2, 0.25) is 0 Å². The van der Waals surface area contributed by atoms with Gasteiger partial charge in [0, 0.05) is 19.3 Å². The molecule has 0 unspecified atom stereocenters. The standard InChI is InChI=1S/C6H8FNO/c1-8-4-5(7)3-6(8)9-2/h3-4H,1-2H3. The third-order valence-electron chi connectivity index (χ3n) is 1.14. The van der Waals surface area contributed by atoms with Gasteiger partial charge in [-0.15, -0.1) is 0 Å².